The molecule has 11 nitrogen and oxygen atoms in total. The molecule has 0 saturated heterocycles. The van der Waals surface area contributed by atoms with Gasteiger partial charge in [0.1, 0.15) is 11.5 Å². The number of nitrogens with zero attached hydrogens (tertiary/aromatic N) is 1. The highest BCUT2D eigenvalue weighted by Crippen LogP contribution is 2.21. The van der Waals surface area contributed by atoms with Gasteiger partial charge in [0.15, 0.2) is 11.4 Å². The van der Waals surface area contributed by atoms with Crippen LogP contribution in [-0.2, 0) is 16.0 Å². The maximum absolute atomic E-state index is 12.6. The molecule has 6 N–H and O–H groups in total. The summed E-state index contributed by atoms with van der Waals surface area (Å²) in [7, 11) is 0. The number of ketones is 1. The summed E-state index contributed by atoms with van der Waals surface area (Å²) in [5.74, 6) is -0.317. The van der Waals surface area contributed by atoms with Crippen molar-refractivity contribution in [2.75, 3.05) is 12.0 Å². The van der Waals surface area contributed by atoms with E-state index >= 15 is 0 Å². The Kier molecular flexibility index (Phi) is 13.4. The fourth-order valence-electron chi connectivity index (χ4n) is 3.68. The number of carbonyl (C=O) groups excluding carboxylic acids is 2. The van der Waals surface area contributed by atoms with Gasteiger partial charge in [-0.25, -0.2) is 10.4 Å². The van der Waals surface area contributed by atoms with Crippen LogP contribution in [0.2, 0.25) is 0 Å². The number of nitrogens with one attached hydrogen (secondary N) is 4. The van der Waals surface area contributed by atoms with E-state index in [0.29, 0.717) is 25.1 Å². The van der Waals surface area contributed by atoms with Gasteiger partial charge in [0.2, 0.25) is 5.91 Å². The molecule has 0 spiro atoms. The van der Waals surface area contributed by atoms with Crippen LogP contribution in [0.1, 0.15) is 63.9 Å². The molecule has 37 heavy (non-hydrogen) atoms. The van der Waals surface area contributed by atoms with Gasteiger partial charge in [0.25, 0.3) is 0 Å². The first kappa shape index (κ1) is 30.0. The molecular weight excluding hydrogens is 478 g/mol. The number of unbranched alkanes of at least 4 members (excludes halogenated alkanes) is 3. The number of Topliss-reactive ketones (excluding diaryl/α,β-unsaturated/α-hetero) is 1. The van der Waals surface area contributed by atoms with Crippen molar-refractivity contribution in [2.45, 2.75) is 64.7 Å². The van der Waals surface area contributed by atoms with Crippen LogP contribution in [0.5, 0.6) is 0 Å². The Morgan fingerprint density at radius 3 is 2.38 bits per heavy atom. The van der Waals surface area contributed by atoms with Crippen molar-refractivity contribution in [1.82, 2.24) is 5.32 Å². The predicted octanol–water partition coefficient (Wildman–Crippen LogP) is 2.33. The molecule has 0 fully saturated rings. The summed E-state index contributed by atoms with van der Waals surface area (Å²) in [5.41, 5.74) is 4.14. The second-order valence-corrected chi connectivity index (χ2v) is 8.77. The van der Waals surface area contributed by atoms with Crippen molar-refractivity contribution in [3.05, 3.63) is 64.5 Å². The number of anilines is 1. The molecule has 2 unspecified atom stereocenters. The third-order valence-electron chi connectivity index (χ3n) is 5.76. The van der Waals surface area contributed by atoms with Crippen molar-refractivity contribution in [1.29, 1.82) is 0 Å². The lowest BCUT2D eigenvalue weighted by Crippen LogP contribution is -3.00. The van der Waals surface area contributed by atoms with Crippen LogP contribution in [0.3, 0.4) is 0 Å². The van der Waals surface area contributed by atoms with Gasteiger partial charge in [-0.1, -0.05) is 56.5 Å². The van der Waals surface area contributed by atoms with Gasteiger partial charge in [0, 0.05) is 37.6 Å². The smallest absolute Gasteiger partial charge is 0.220 e. The average molecular weight is 516 g/mol. The predicted molar refractivity (Wildman–Crippen MR) is 140 cm³/mol. The topological polar surface area (TPSA) is 166 Å². The van der Waals surface area contributed by atoms with Crippen molar-refractivity contribution in [3.8, 4) is 0 Å². The molecule has 2 rings (SSSR count). The summed E-state index contributed by atoms with van der Waals surface area (Å²) >= 11 is 0. The molecule has 0 aliphatic carbocycles. The summed E-state index contributed by atoms with van der Waals surface area (Å²) < 4.78 is 0. The van der Waals surface area contributed by atoms with E-state index in [1.165, 1.54) is 12.1 Å². The fraction of sp³-hybridized carbons (Fsp3) is 0.423. The van der Waals surface area contributed by atoms with Crippen LogP contribution in [0.15, 0.2) is 53.6 Å². The standard InChI is InChI=1S/C26H37N5O6/c1-2-3-4-8-11-21(28-29-24-14-12-22(30(34)35)19-25(24)31(36)37)18-23(32)13-15-26(33)27-17-16-20-9-6-5-7-10-20/h5-7,9-10,12,14,19,29-31,34,36H,2-4,8,11,13,15-18H2,1H3,(H,27,33)/b28-21+. The molecule has 1 amide bonds. The van der Waals surface area contributed by atoms with Crippen molar-refractivity contribution < 1.29 is 30.5 Å². The van der Waals surface area contributed by atoms with Crippen LogP contribution >= 0.6 is 0 Å². The largest absolute Gasteiger partial charge is 0.595 e. The SMILES string of the molecule is CCCCCC/C(CC(=O)CCC(=O)NCCc1ccccc1)=N\Nc1ccc([NH+]([O-])O)cc1[NH+]([O-])O. The monoisotopic (exact) mass is 515 g/mol. The molecule has 0 aliphatic heterocycles. The Labute approximate surface area is 216 Å². The van der Waals surface area contributed by atoms with Crippen molar-refractivity contribution in [3.63, 3.8) is 0 Å². The molecule has 11 heteroatoms. The first-order valence-electron chi connectivity index (χ1n) is 12.5. The Hall–Kier alpha value is -3.19. The minimum Gasteiger partial charge on any atom is -0.595 e. The van der Waals surface area contributed by atoms with E-state index in [-0.39, 0.29) is 48.0 Å². The number of hydrogen-bond donors (Lipinski definition) is 6. The molecule has 2 aromatic carbocycles. The zero-order chi connectivity index (χ0) is 27.0. The number of hydrogen-bond acceptors (Lipinski definition) is 8. The highest BCUT2D eigenvalue weighted by molar-refractivity contribution is 6.03. The lowest BCUT2D eigenvalue weighted by atomic mass is 10.0. The van der Waals surface area contributed by atoms with Gasteiger partial charge in [-0.15, -0.1) is 0 Å². The highest BCUT2D eigenvalue weighted by atomic mass is 16.8. The number of amides is 1. The van der Waals surface area contributed by atoms with E-state index in [9.17, 15) is 25.2 Å². The third kappa shape index (κ3) is 11.6. The third-order valence-corrected chi connectivity index (χ3v) is 5.76. The summed E-state index contributed by atoms with van der Waals surface area (Å²) in [6.07, 6.45) is 5.39. The first-order chi connectivity index (χ1) is 17.8. The molecule has 0 heterocycles. The molecular formula is C26H37N5O6. The molecule has 0 radical (unpaired) electrons. The van der Waals surface area contributed by atoms with Gasteiger partial charge in [-0.05, 0) is 30.9 Å². The second kappa shape index (κ2) is 16.5. The Morgan fingerprint density at radius 2 is 1.70 bits per heavy atom. The van der Waals surface area contributed by atoms with Crippen LogP contribution < -0.4 is 21.2 Å². The van der Waals surface area contributed by atoms with E-state index in [1.54, 1.807) is 0 Å². The average Bonchev–Trinajstić information content (AvgIpc) is 2.88. The number of hydrazone groups is 1. The first-order valence-corrected chi connectivity index (χ1v) is 12.5. The van der Waals surface area contributed by atoms with Gasteiger partial charge in [-0.3, -0.25) is 15.0 Å². The van der Waals surface area contributed by atoms with Crippen LogP contribution in [0, 0.1) is 10.4 Å². The van der Waals surface area contributed by atoms with E-state index in [2.05, 4.69) is 22.8 Å². The normalized spacial score (nSPS) is 13.2. The van der Waals surface area contributed by atoms with Crippen LogP contribution in [-0.4, -0.2) is 34.4 Å². The van der Waals surface area contributed by atoms with E-state index in [0.717, 1.165) is 37.3 Å². The quantitative estimate of drug-likeness (QED) is 0.107. The lowest BCUT2D eigenvalue weighted by Gasteiger charge is -2.18. The van der Waals surface area contributed by atoms with E-state index in [1.807, 2.05) is 30.3 Å². The minimum atomic E-state index is -1.29. The maximum atomic E-state index is 12.6. The summed E-state index contributed by atoms with van der Waals surface area (Å²) in [4.78, 5) is 24.8. The van der Waals surface area contributed by atoms with Crippen molar-refractivity contribution in [2.24, 2.45) is 5.10 Å². The van der Waals surface area contributed by atoms with Gasteiger partial charge in [0.05, 0.1) is 6.07 Å². The Morgan fingerprint density at radius 1 is 0.946 bits per heavy atom. The summed E-state index contributed by atoms with van der Waals surface area (Å²) in [5, 5.41) is 45.9. The van der Waals surface area contributed by atoms with E-state index < -0.39 is 10.5 Å². The highest BCUT2D eigenvalue weighted by Gasteiger charge is 2.15. The van der Waals surface area contributed by atoms with E-state index in [4.69, 9.17) is 5.21 Å². The van der Waals surface area contributed by atoms with Crippen LogP contribution in [0.4, 0.5) is 17.1 Å². The van der Waals surface area contributed by atoms with Crippen molar-refractivity contribution >= 4 is 34.5 Å². The fourth-order valence-corrected chi connectivity index (χ4v) is 3.68. The number of benzene rings is 2. The molecule has 2 aromatic rings. The lowest BCUT2D eigenvalue weighted by molar-refractivity contribution is -0.996. The van der Waals surface area contributed by atoms with Gasteiger partial charge < -0.3 is 15.7 Å². The van der Waals surface area contributed by atoms with Gasteiger partial charge in [-0.2, -0.15) is 15.6 Å². The molecule has 0 saturated carbocycles. The zero-order valence-electron chi connectivity index (χ0n) is 21.2. The number of quaternary nitrogens is 2. The zero-order valence-corrected chi connectivity index (χ0v) is 21.2. The molecule has 0 bridgehead atoms. The minimum absolute atomic E-state index is 0.0477. The second-order valence-electron chi connectivity index (χ2n) is 8.77. The Bertz CT molecular complexity index is 1010. The Balaban J connectivity index is 1.94. The molecule has 202 valence electrons. The molecule has 2 atom stereocenters. The molecule has 0 aromatic heterocycles. The maximum Gasteiger partial charge on any atom is 0.220 e. The van der Waals surface area contributed by atoms with Gasteiger partial charge >= 0.3 is 0 Å². The number of carbonyl (C=O) groups is 2. The summed E-state index contributed by atoms with van der Waals surface area (Å²) in [6.45, 7) is 2.59. The van der Waals surface area contributed by atoms with Crippen LogP contribution in [0.25, 0.3) is 0 Å². The summed E-state index contributed by atoms with van der Waals surface area (Å²) in [6, 6.07) is 13.5. The molecule has 0 aliphatic rings. The number of rotatable bonds is 17.